The maximum atomic E-state index is 13.9. The van der Waals surface area contributed by atoms with E-state index in [9.17, 15) is 9.65 Å². The summed E-state index contributed by atoms with van der Waals surface area (Å²) >= 11 is 6.33. The highest BCUT2D eigenvalue weighted by molar-refractivity contribution is 6.35. The summed E-state index contributed by atoms with van der Waals surface area (Å²) in [6.07, 6.45) is 3.60. The standard InChI is InChI=1S/C22H16ClFN6/c23-18-6-2-5-16-19(13-3-1-4-15(24)9-13)14(11-28-20(16)18)7-8-27-22-17(10-25)21(26)29-12-30-22/h1-6,9,11-12H,7-8H2,(H3,26,27,29,30). The predicted molar refractivity (Wildman–Crippen MR) is 116 cm³/mol. The van der Waals surface area contributed by atoms with Crippen molar-refractivity contribution >= 4 is 34.1 Å². The average molecular weight is 419 g/mol. The number of fused-ring (bicyclic) bond motifs is 1. The SMILES string of the molecule is N#Cc1c(N)ncnc1NCCc1cnc2c(Cl)cccc2c1-c1cccc(F)c1. The molecule has 0 amide bonds. The molecule has 2 aromatic heterocycles. The summed E-state index contributed by atoms with van der Waals surface area (Å²) in [7, 11) is 0. The van der Waals surface area contributed by atoms with Crippen molar-refractivity contribution in [3.05, 3.63) is 77.0 Å². The fraction of sp³-hybridized carbons (Fsp3) is 0.0909. The van der Waals surface area contributed by atoms with E-state index in [1.54, 1.807) is 18.3 Å². The van der Waals surface area contributed by atoms with E-state index < -0.39 is 0 Å². The number of nitrogens with zero attached hydrogens (tertiary/aromatic N) is 4. The molecule has 0 fully saturated rings. The van der Waals surface area contributed by atoms with E-state index >= 15 is 0 Å². The number of hydrogen-bond donors (Lipinski definition) is 2. The first-order valence-electron chi connectivity index (χ1n) is 9.15. The summed E-state index contributed by atoms with van der Waals surface area (Å²) in [5, 5.41) is 13.8. The summed E-state index contributed by atoms with van der Waals surface area (Å²) in [5.74, 6) is 0.172. The molecule has 0 aliphatic carbocycles. The Morgan fingerprint density at radius 3 is 2.77 bits per heavy atom. The van der Waals surface area contributed by atoms with Crippen LogP contribution in [0, 0.1) is 17.1 Å². The topological polar surface area (TPSA) is 101 Å². The summed E-state index contributed by atoms with van der Waals surface area (Å²) in [5.41, 5.74) is 9.10. The first-order valence-corrected chi connectivity index (χ1v) is 9.52. The molecule has 0 atom stereocenters. The van der Waals surface area contributed by atoms with Crippen LogP contribution >= 0.6 is 11.6 Å². The minimum Gasteiger partial charge on any atom is -0.382 e. The van der Waals surface area contributed by atoms with E-state index in [4.69, 9.17) is 17.3 Å². The molecule has 4 rings (SSSR count). The second-order valence-corrected chi connectivity index (χ2v) is 6.98. The number of anilines is 2. The molecular weight excluding hydrogens is 403 g/mol. The number of aromatic nitrogens is 3. The van der Waals surface area contributed by atoms with Crippen LogP contribution in [0.5, 0.6) is 0 Å². The van der Waals surface area contributed by atoms with Crippen molar-refractivity contribution in [1.82, 2.24) is 15.0 Å². The molecule has 2 aromatic carbocycles. The third-order valence-corrected chi connectivity index (χ3v) is 5.02. The first kappa shape index (κ1) is 19.6. The number of nitriles is 1. The van der Waals surface area contributed by atoms with Gasteiger partial charge >= 0.3 is 0 Å². The number of rotatable bonds is 5. The number of hydrogen-bond acceptors (Lipinski definition) is 6. The van der Waals surface area contributed by atoms with Crippen LogP contribution < -0.4 is 11.1 Å². The fourth-order valence-electron chi connectivity index (χ4n) is 3.36. The molecule has 6 nitrogen and oxygen atoms in total. The molecule has 0 spiro atoms. The van der Waals surface area contributed by atoms with Gasteiger partial charge in [-0.15, -0.1) is 0 Å². The van der Waals surface area contributed by atoms with Crippen LogP contribution in [-0.2, 0) is 6.42 Å². The van der Waals surface area contributed by atoms with Crippen molar-refractivity contribution in [2.24, 2.45) is 0 Å². The molecule has 148 valence electrons. The first-order chi connectivity index (χ1) is 14.6. The smallest absolute Gasteiger partial charge is 0.149 e. The van der Waals surface area contributed by atoms with Crippen LogP contribution in [0.1, 0.15) is 11.1 Å². The van der Waals surface area contributed by atoms with Crippen LogP contribution in [0.4, 0.5) is 16.0 Å². The average Bonchev–Trinajstić information content (AvgIpc) is 2.74. The van der Waals surface area contributed by atoms with Gasteiger partial charge < -0.3 is 11.1 Å². The Morgan fingerprint density at radius 1 is 1.13 bits per heavy atom. The number of para-hydroxylation sites is 1. The van der Waals surface area contributed by atoms with Gasteiger partial charge in [-0.25, -0.2) is 14.4 Å². The van der Waals surface area contributed by atoms with Crippen molar-refractivity contribution in [1.29, 1.82) is 5.26 Å². The lowest BCUT2D eigenvalue weighted by Crippen LogP contribution is -2.10. The van der Waals surface area contributed by atoms with Gasteiger partial charge in [0.15, 0.2) is 0 Å². The molecule has 0 aliphatic rings. The monoisotopic (exact) mass is 418 g/mol. The van der Waals surface area contributed by atoms with E-state index in [2.05, 4.69) is 20.3 Å². The Hall–Kier alpha value is -3.76. The summed E-state index contributed by atoms with van der Waals surface area (Å²) in [6.45, 7) is 0.460. The number of pyridine rings is 1. The molecular formula is C22H16ClFN6. The van der Waals surface area contributed by atoms with Gasteiger partial charge in [0, 0.05) is 18.1 Å². The lowest BCUT2D eigenvalue weighted by Gasteiger charge is -2.15. The van der Waals surface area contributed by atoms with E-state index in [-0.39, 0.29) is 17.2 Å². The molecule has 0 saturated carbocycles. The van der Waals surface area contributed by atoms with Crippen molar-refractivity contribution in [2.75, 3.05) is 17.6 Å². The molecule has 0 aliphatic heterocycles. The Bertz CT molecular complexity index is 1280. The molecule has 0 saturated heterocycles. The summed E-state index contributed by atoms with van der Waals surface area (Å²) in [4.78, 5) is 12.4. The van der Waals surface area contributed by atoms with Crippen molar-refractivity contribution in [2.45, 2.75) is 6.42 Å². The molecule has 8 heteroatoms. The number of halogens is 2. The van der Waals surface area contributed by atoms with E-state index in [0.29, 0.717) is 29.3 Å². The van der Waals surface area contributed by atoms with Crippen LogP contribution in [0.3, 0.4) is 0 Å². The second-order valence-electron chi connectivity index (χ2n) is 6.58. The van der Waals surface area contributed by atoms with Gasteiger partial charge in [-0.1, -0.05) is 35.9 Å². The molecule has 0 unspecified atom stereocenters. The normalized spacial score (nSPS) is 10.7. The highest BCUT2D eigenvalue weighted by atomic mass is 35.5. The molecule has 3 N–H and O–H groups in total. The number of nitrogen functional groups attached to an aromatic ring is 1. The van der Waals surface area contributed by atoms with Crippen LogP contribution in [0.2, 0.25) is 5.02 Å². The Kier molecular flexibility index (Phi) is 5.42. The summed E-state index contributed by atoms with van der Waals surface area (Å²) in [6, 6.07) is 14.0. The zero-order valence-electron chi connectivity index (χ0n) is 15.7. The van der Waals surface area contributed by atoms with Gasteiger partial charge in [-0.3, -0.25) is 4.98 Å². The van der Waals surface area contributed by atoms with Crippen LogP contribution in [0.15, 0.2) is 55.0 Å². The fourth-order valence-corrected chi connectivity index (χ4v) is 3.59. The van der Waals surface area contributed by atoms with E-state index in [1.165, 1.54) is 18.5 Å². The largest absolute Gasteiger partial charge is 0.382 e. The number of nitrogens with one attached hydrogen (secondary N) is 1. The highest BCUT2D eigenvalue weighted by Gasteiger charge is 2.14. The minimum atomic E-state index is -0.321. The van der Waals surface area contributed by atoms with Gasteiger partial charge in [-0.05, 0) is 41.3 Å². The molecule has 2 heterocycles. The van der Waals surface area contributed by atoms with E-state index in [1.807, 2.05) is 24.3 Å². The Labute approximate surface area is 177 Å². The minimum absolute atomic E-state index is 0.123. The number of benzene rings is 2. The Morgan fingerprint density at radius 2 is 1.97 bits per heavy atom. The summed E-state index contributed by atoms with van der Waals surface area (Å²) < 4.78 is 13.9. The van der Waals surface area contributed by atoms with Crippen LogP contribution in [-0.4, -0.2) is 21.5 Å². The molecule has 30 heavy (non-hydrogen) atoms. The lowest BCUT2D eigenvalue weighted by molar-refractivity contribution is 0.628. The third-order valence-electron chi connectivity index (χ3n) is 4.72. The zero-order valence-corrected chi connectivity index (χ0v) is 16.5. The maximum Gasteiger partial charge on any atom is 0.149 e. The van der Waals surface area contributed by atoms with Crippen molar-refractivity contribution in [3.8, 4) is 17.2 Å². The predicted octanol–water partition coefficient (Wildman–Crippen LogP) is 4.59. The molecule has 0 radical (unpaired) electrons. The maximum absolute atomic E-state index is 13.9. The molecule has 0 bridgehead atoms. The number of nitrogens with two attached hydrogens (primary N) is 1. The van der Waals surface area contributed by atoms with Crippen LogP contribution in [0.25, 0.3) is 22.0 Å². The van der Waals surface area contributed by atoms with Gasteiger partial charge in [-0.2, -0.15) is 5.26 Å². The van der Waals surface area contributed by atoms with E-state index in [0.717, 1.165) is 22.1 Å². The second kappa shape index (κ2) is 8.31. The lowest BCUT2D eigenvalue weighted by atomic mass is 9.95. The highest BCUT2D eigenvalue weighted by Crippen LogP contribution is 2.34. The van der Waals surface area contributed by atoms with Crippen molar-refractivity contribution < 1.29 is 4.39 Å². The van der Waals surface area contributed by atoms with Gasteiger partial charge in [0.1, 0.15) is 35.4 Å². The van der Waals surface area contributed by atoms with Gasteiger partial charge in [0.05, 0.1) is 10.5 Å². The quantitative estimate of drug-likeness (QED) is 0.491. The van der Waals surface area contributed by atoms with Gasteiger partial charge in [0.25, 0.3) is 0 Å². The van der Waals surface area contributed by atoms with Crippen molar-refractivity contribution in [3.63, 3.8) is 0 Å². The Balaban J connectivity index is 1.72. The zero-order chi connectivity index (χ0) is 21.1. The molecule has 4 aromatic rings. The third kappa shape index (κ3) is 3.73. The van der Waals surface area contributed by atoms with Gasteiger partial charge in [0.2, 0.25) is 0 Å².